The molecule has 0 aliphatic rings. The zero-order valence-corrected chi connectivity index (χ0v) is 12.6. The van der Waals surface area contributed by atoms with Gasteiger partial charge in [0.05, 0.1) is 18.8 Å². The van der Waals surface area contributed by atoms with Crippen LogP contribution in [0.25, 0.3) is 0 Å². The lowest BCUT2D eigenvalue weighted by molar-refractivity contribution is -0.0324. The van der Waals surface area contributed by atoms with E-state index < -0.39 is 0 Å². The Bertz CT molecular complexity index is 396. The van der Waals surface area contributed by atoms with E-state index in [0.717, 1.165) is 4.47 Å². The molecule has 0 saturated carbocycles. The van der Waals surface area contributed by atoms with Crippen molar-refractivity contribution < 1.29 is 14.3 Å². The Kier molecular flexibility index (Phi) is 5.99. The average molecular weight is 315 g/mol. The molecule has 1 aromatic rings. The summed E-state index contributed by atoms with van der Waals surface area (Å²) in [5.41, 5.74) is 0.477. The van der Waals surface area contributed by atoms with Gasteiger partial charge in [0, 0.05) is 10.0 Å². The number of carbonyl (C=O) groups is 1. The van der Waals surface area contributed by atoms with Gasteiger partial charge in [0.1, 0.15) is 6.61 Å². The van der Waals surface area contributed by atoms with E-state index in [4.69, 9.17) is 9.47 Å². The Labute approximate surface area is 117 Å². The summed E-state index contributed by atoms with van der Waals surface area (Å²) < 4.78 is 11.6. The lowest BCUT2D eigenvalue weighted by Crippen LogP contribution is -2.22. The van der Waals surface area contributed by atoms with E-state index in [-0.39, 0.29) is 18.0 Å². The Hall–Kier alpha value is -0.710. The molecule has 0 spiro atoms. The van der Waals surface area contributed by atoms with E-state index in [9.17, 15) is 4.79 Å². The molecule has 4 heteroatoms. The zero-order chi connectivity index (χ0) is 13.6. The molecule has 0 radical (unpaired) electrons. The maximum absolute atomic E-state index is 11.8. The maximum atomic E-state index is 11.8. The Morgan fingerprint density at radius 3 is 2.50 bits per heavy atom. The second kappa shape index (κ2) is 7.02. The zero-order valence-electron chi connectivity index (χ0n) is 11.0. The number of Topliss-reactive ketones (excluding diaryl/α,β-unsaturated/α-hetero) is 1. The molecule has 0 amide bonds. The third-order valence-electron chi connectivity index (χ3n) is 2.17. The van der Waals surface area contributed by atoms with Gasteiger partial charge in [-0.2, -0.15) is 0 Å². The van der Waals surface area contributed by atoms with Crippen LogP contribution in [0.1, 0.15) is 31.1 Å². The van der Waals surface area contributed by atoms with Crippen LogP contribution in [0.4, 0.5) is 0 Å². The van der Waals surface area contributed by atoms with E-state index in [1.807, 2.05) is 39.0 Å². The molecule has 0 aliphatic carbocycles. The van der Waals surface area contributed by atoms with Crippen LogP contribution in [-0.4, -0.2) is 31.2 Å². The standard InChI is InChI=1S/C14H19BrO3/c1-14(2,3)18-9-8-17-10-13(16)11-6-4-5-7-12(11)15/h4-7H,8-10H2,1-3H3. The normalized spacial score (nSPS) is 11.6. The van der Waals surface area contributed by atoms with Gasteiger partial charge in [-0.25, -0.2) is 0 Å². The first-order chi connectivity index (χ1) is 8.40. The SMILES string of the molecule is CC(C)(C)OCCOCC(=O)c1ccccc1Br. The van der Waals surface area contributed by atoms with E-state index >= 15 is 0 Å². The van der Waals surface area contributed by atoms with Gasteiger partial charge in [-0.3, -0.25) is 4.79 Å². The smallest absolute Gasteiger partial charge is 0.189 e. The van der Waals surface area contributed by atoms with E-state index in [0.29, 0.717) is 18.8 Å². The number of hydrogen-bond acceptors (Lipinski definition) is 3. The van der Waals surface area contributed by atoms with Crippen molar-refractivity contribution >= 4 is 21.7 Å². The van der Waals surface area contributed by atoms with Gasteiger partial charge in [0.15, 0.2) is 5.78 Å². The molecule has 0 heterocycles. The minimum atomic E-state index is -0.171. The van der Waals surface area contributed by atoms with Crippen molar-refractivity contribution in [3.63, 3.8) is 0 Å². The molecule has 0 atom stereocenters. The Morgan fingerprint density at radius 2 is 1.89 bits per heavy atom. The molecule has 1 aromatic carbocycles. The quantitative estimate of drug-likeness (QED) is 0.596. The summed E-state index contributed by atoms with van der Waals surface area (Å²) in [6, 6.07) is 7.33. The predicted molar refractivity (Wildman–Crippen MR) is 75.0 cm³/mol. The first kappa shape index (κ1) is 15.3. The van der Waals surface area contributed by atoms with Crippen molar-refractivity contribution in [3.8, 4) is 0 Å². The van der Waals surface area contributed by atoms with Crippen molar-refractivity contribution in [2.24, 2.45) is 0 Å². The van der Waals surface area contributed by atoms with E-state index in [1.165, 1.54) is 0 Å². The fourth-order valence-corrected chi connectivity index (χ4v) is 1.84. The number of rotatable bonds is 6. The van der Waals surface area contributed by atoms with Crippen molar-refractivity contribution in [2.45, 2.75) is 26.4 Å². The number of benzene rings is 1. The molecule has 0 aromatic heterocycles. The summed E-state index contributed by atoms with van der Waals surface area (Å²) in [5.74, 6) is -0.0294. The molecule has 1 rings (SSSR count). The van der Waals surface area contributed by atoms with Crippen LogP contribution in [0.2, 0.25) is 0 Å². The summed E-state index contributed by atoms with van der Waals surface area (Å²) in [6.45, 7) is 6.95. The Morgan fingerprint density at radius 1 is 1.22 bits per heavy atom. The molecule has 3 nitrogen and oxygen atoms in total. The highest BCUT2D eigenvalue weighted by Gasteiger charge is 2.11. The van der Waals surface area contributed by atoms with Gasteiger partial charge in [0.25, 0.3) is 0 Å². The van der Waals surface area contributed by atoms with Gasteiger partial charge in [-0.05, 0) is 26.8 Å². The van der Waals surface area contributed by atoms with E-state index in [1.54, 1.807) is 6.07 Å². The number of carbonyl (C=O) groups excluding carboxylic acids is 1. The highest BCUT2D eigenvalue weighted by atomic mass is 79.9. The van der Waals surface area contributed by atoms with Crippen LogP contribution in [0.5, 0.6) is 0 Å². The number of halogens is 1. The number of hydrogen-bond donors (Lipinski definition) is 0. The molecule has 0 saturated heterocycles. The molecular weight excluding hydrogens is 296 g/mol. The summed E-state index contributed by atoms with van der Waals surface area (Å²) in [6.07, 6.45) is 0. The monoisotopic (exact) mass is 314 g/mol. The van der Waals surface area contributed by atoms with Crippen molar-refractivity contribution in [1.82, 2.24) is 0 Å². The molecule has 0 N–H and O–H groups in total. The van der Waals surface area contributed by atoms with Crippen LogP contribution in [0.15, 0.2) is 28.7 Å². The van der Waals surface area contributed by atoms with Crippen LogP contribution in [-0.2, 0) is 9.47 Å². The van der Waals surface area contributed by atoms with Crippen LogP contribution >= 0.6 is 15.9 Å². The molecule has 100 valence electrons. The molecule has 0 fully saturated rings. The third-order valence-corrected chi connectivity index (χ3v) is 2.86. The lowest BCUT2D eigenvalue weighted by atomic mass is 10.1. The van der Waals surface area contributed by atoms with Crippen LogP contribution in [0, 0.1) is 0 Å². The summed E-state index contributed by atoms with van der Waals surface area (Å²) >= 11 is 3.34. The van der Waals surface area contributed by atoms with Gasteiger partial charge in [-0.15, -0.1) is 0 Å². The van der Waals surface area contributed by atoms with Crippen molar-refractivity contribution in [2.75, 3.05) is 19.8 Å². The highest BCUT2D eigenvalue weighted by molar-refractivity contribution is 9.10. The van der Waals surface area contributed by atoms with Gasteiger partial charge in [-0.1, -0.05) is 34.1 Å². The fourth-order valence-electron chi connectivity index (χ4n) is 1.34. The maximum Gasteiger partial charge on any atom is 0.189 e. The van der Waals surface area contributed by atoms with Crippen LogP contribution < -0.4 is 0 Å². The molecule has 0 unspecified atom stereocenters. The highest BCUT2D eigenvalue weighted by Crippen LogP contribution is 2.16. The van der Waals surface area contributed by atoms with Crippen molar-refractivity contribution in [1.29, 1.82) is 0 Å². The Balaban J connectivity index is 2.28. The summed E-state index contributed by atoms with van der Waals surface area (Å²) in [5, 5.41) is 0. The minimum absolute atomic E-state index is 0.0294. The molecular formula is C14H19BrO3. The second-order valence-corrected chi connectivity index (χ2v) is 5.77. The summed E-state index contributed by atoms with van der Waals surface area (Å²) in [4.78, 5) is 11.8. The third kappa shape index (κ3) is 5.76. The lowest BCUT2D eigenvalue weighted by Gasteiger charge is -2.19. The average Bonchev–Trinajstić information content (AvgIpc) is 2.27. The predicted octanol–water partition coefficient (Wildman–Crippen LogP) is 3.46. The van der Waals surface area contributed by atoms with Crippen molar-refractivity contribution in [3.05, 3.63) is 34.3 Å². The first-order valence-electron chi connectivity index (χ1n) is 5.89. The molecule has 0 bridgehead atoms. The largest absolute Gasteiger partial charge is 0.373 e. The second-order valence-electron chi connectivity index (χ2n) is 4.92. The van der Waals surface area contributed by atoms with Gasteiger partial charge >= 0.3 is 0 Å². The van der Waals surface area contributed by atoms with Gasteiger partial charge in [0.2, 0.25) is 0 Å². The number of ketones is 1. The summed E-state index contributed by atoms with van der Waals surface area (Å²) in [7, 11) is 0. The van der Waals surface area contributed by atoms with Gasteiger partial charge < -0.3 is 9.47 Å². The topological polar surface area (TPSA) is 35.5 Å². The minimum Gasteiger partial charge on any atom is -0.373 e. The molecule has 0 aliphatic heterocycles. The first-order valence-corrected chi connectivity index (χ1v) is 6.69. The van der Waals surface area contributed by atoms with Crippen LogP contribution in [0.3, 0.4) is 0 Å². The molecule has 18 heavy (non-hydrogen) atoms. The fraction of sp³-hybridized carbons (Fsp3) is 0.500. The number of ether oxygens (including phenoxy) is 2. The van der Waals surface area contributed by atoms with E-state index in [2.05, 4.69) is 15.9 Å².